The smallest absolute Gasteiger partial charge is 0.137 e. The fraction of sp³-hybridized carbons (Fsp3) is 0.312. The van der Waals surface area contributed by atoms with Crippen LogP contribution in [0.4, 0.5) is 10.1 Å². The number of aromatic nitrogens is 4. The van der Waals surface area contributed by atoms with Gasteiger partial charge < -0.3 is 15.0 Å². The molecule has 0 aliphatic carbocycles. The van der Waals surface area contributed by atoms with Gasteiger partial charge in [0.15, 0.2) is 0 Å². The van der Waals surface area contributed by atoms with Gasteiger partial charge in [0.25, 0.3) is 0 Å². The Hall–Kier alpha value is -4.01. The van der Waals surface area contributed by atoms with Crippen molar-refractivity contribution in [3.63, 3.8) is 0 Å². The molecule has 0 radical (unpaired) electrons. The van der Waals surface area contributed by atoms with Crippen LogP contribution in [-0.2, 0) is 6.54 Å². The summed E-state index contributed by atoms with van der Waals surface area (Å²) >= 11 is 0. The number of β-amino-alcohol motifs (C(OH)–C–C–N with tert-alkyl or cyclic N) is 1. The molecule has 40 heavy (non-hydrogen) atoms. The third-order valence-electron chi connectivity index (χ3n) is 7.86. The molecule has 0 amide bonds. The number of piperazine rings is 1. The van der Waals surface area contributed by atoms with Gasteiger partial charge in [-0.15, -0.1) is 0 Å². The summed E-state index contributed by atoms with van der Waals surface area (Å²) in [5.41, 5.74) is 9.21. The molecular formula is C32H35FN6O. The van der Waals surface area contributed by atoms with Crippen molar-refractivity contribution in [3.8, 4) is 22.3 Å². The maximum absolute atomic E-state index is 13.7. The second-order valence-electron chi connectivity index (χ2n) is 10.8. The molecule has 1 aliphatic rings. The first-order valence-electron chi connectivity index (χ1n) is 13.9. The lowest BCUT2D eigenvalue weighted by Crippen LogP contribution is -2.48. The molecule has 1 unspecified atom stereocenters. The predicted molar refractivity (Wildman–Crippen MR) is 158 cm³/mol. The number of nitrogens with one attached hydrogen (secondary N) is 1. The molecule has 3 aromatic heterocycles. The lowest BCUT2D eigenvalue weighted by molar-refractivity contribution is 0.123. The van der Waals surface area contributed by atoms with E-state index in [9.17, 15) is 9.50 Å². The molecule has 1 fully saturated rings. The first-order chi connectivity index (χ1) is 19.4. The summed E-state index contributed by atoms with van der Waals surface area (Å²) in [6.45, 7) is 11.0. The highest BCUT2D eigenvalue weighted by atomic mass is 19.1. The second kappa shape index (κ2) is 10.9. The van der Waals surface area contributed by atoms with Gasteiger partial charge >= 0.3 is 0 Å². The number of anilines is 1. The molecule has 8 heteroatoms. The molecule has 0 saturated carbocycles. The molecular weight excluding hydrogens is 503 g/mol. The average Bonchev–Trinajstić information content (AvgIpc) is 3.47. The monoisotopic (exact) mass is 538 g/mol. The first-order valence-corrected chi connectivity index (χ1v) is 13.9. The Bertz CT molecular complexity index is 1630. The van der Waals surface area contributed by atoms with E-state index in [1.807, 2.05) is 37.0 Å². The molecule has 1 atom stereocenters. The predicted octanol–water partition coefficient (Wildman–Crippen LogP) is 5.40. The number of aliphatic hydroxyl groups is 1. The van der Waals surface area contributed by atoms with Crippen LogP contribution < -0.4 is 4.90 Å². The standard InChI is InChI=1S/C32H35FN6O/c1-21(40)19-37-11-13-38(14-12-37)28-9-7-25(8-10-28)26-16-29-30(18-35-32(29)34-17-26)31-22(2)36-39(23(31)3)20-24-5-4-6-27(33)15-24/h4-10,15-18,21,40H,11-14,19-20H2,1-3H3,(H,34,35). The molecule has 2 aromatic carbocycles. The van der Waals surface area contributed by atoms with Crippen molar-refractivity contribution in [2.45, 2.75) is 33.4 Å². The van der Waals surface area contributed by atoms with E-state index in [1.165, 1.54) is 11.8 Å². The van der Waals surface area contributed by atoms with Gasteiger partial charge in [0.2, 0.25) is 0 Å². The molecule has 0 spiro atoms. The van der Waals surface area contributed by atoms with Gasteiger partial charge in [0.1, 0.15) is 11.5 Å². The number of fused-ring (bicyclic) bond motifs is 1. The van der Waals surface area contributed by atoms with Gasteiger partial charge in [-0.3, -0.25) is 9.58 Å². The van der Waals surface area contributed by atoms with Crippen LogP contribution in [0.5, 0.6) is 0 Å². The van der Waals surface area contributed by atoms with Gasteiger partial charge in [0.05, 0.1) is 18.3 Å². The molecule has 6 rings (SSSR count). The van der Waals surface area contributed by atoms with Crippen molar-refractivity contribution >= 4 is 16.7 Å². The molecule has 1 aliphatic heterocycles. The lowest BCUT2D eigenvalue weighted by atomic mass is 10.0. The zero-order valence-electron chi connectivity index (χ0n) is 23.2. The van der Waals surface area contributed by atoms with E-state index in [4.69, 9.17) is 10.1 Å². The van der Waals surface area contributed by atoms with Crippen molar-refractivity contribution in [1.82, 2.24) is 24.6 Å². The van der Waals surface area contributed by atoms with Crippen LogP contribution in [0.25, 0.3) is 33.3 Å². The van der Waals surface area contributed by atoms with Crippen LogP contribution in [0, 0.1) is 19.7 Å². The second-order valence-corrected chi connectivity index (χ2v) is 10.8. The van der Waals surface area contributed by atoms with Gasteiger partial charge in [-0.1, -0.05) is 24.3 Å². The largest absolute Gasteiger partial charge is 0.392 e. The summed E-state index contributed by atoms with van der Waals surface area (Å²) in [5, 5.41) is 15.5. The number of H-pyrrole nitrogens is 1. The third-order valence-corrected chi connectivity index (χ3v) is 7.86. The molecule has 4 heterocycles. The highest BCUT2D eigenvalue weighted by Gasteiger charge is 2.20. The Labute approximate surface area is 233 Å². The van der Waals surface area contributed by atoms with Gasteiger partial charge in [-0.25, -0.2) is 9.37 Å². The first kappa shape index (κ1) is 26.2. The number of halogens is 1. The summed E-state index contributed by atoms with van der Waals surface area (Å²) in [6.07, 6.45) is 3.63. The number of aryl methyl sites for hydroxylation is 1. The number of aromatic amines is 1. The van der Waals surface area contributed by atoms with Crippen molar-refractivity contribution in [2.75, 3.05) is 37.6 Å². The van der Waals surface area contributed by atoms with Gasteiger partial charge in [-0.2, -0.15) is 5.10 Å². The zero-order valence-corrected chi connectivity index (χ0v) is 23.2. The third kappa shape index (κ3) is 5.24. The minimum Gasteiger partial charge on any atom is -0.392 e. The molecule has 0 bridgehead atoms. The Balaban J connectivity index is 1.25. The summed E-state index contributed by atoms with van der Waals surface area (Å²) in [5.74, 6) is -0.238. The number of rotatable bonds is 7. The fourth-order valence-electron chi connectivity index (χ4n) is 5.84. The maximum Gasteiger partial charge on any atom is 0.137 e. The number of hydrogen-bond acceptors (Lipinski definition) is 5. The summed E-state index contributed by atoms with van der Waals surface area (Å²) < 4.78 is 15.7. The van der Waals surface area contributed by atoms with Crippen LogP contribution in [0.15, 0.2) is 67.0 Å². The molecule has 206 valence electrons. The van der Waals surface area contributed by atoms with Crippen LogP contribution in [0.3, 0.4) is 0 Å². The maximum atomic E-state index is 13.7. The van der Waals surface area contributed by atoms with E-state index in [0.29, 0.717) is 6.54 Å². The number of aliphatic hydroxyl groups excluding tert-OH is 1. The molecule has 1 saturated heterocycles. The van der Waals surface area contributed by atoms with Crippen molar-refractivity contribution < 1.29 is 9.50 Å². The lowest BCUT2D eigenvalue weighted by Gasteiger charge is -2.36. The van der Waals surface area contributed by atoms with Crippen LogP contribution in [0.1, 0.15) is 23.9 Å². The van der Waals surface area contributed by atoms with Crippen molar-refractivity contribution in [3.05, 3.63) is 89.8 Å². The number of nitrogens with zero attached hydrogens (tertiary/aromatic N) is 5. The van der Waals surface area contributed by atoms with Crippen LogP contribution in [0.2, 0.25) is 0 Å². The van der Waals surface area contributed by atoms with E-state index in [2.05, 4.69) is 52.0 Å². The van der Waals surface area contributed by atoms with E-state index >= 15 is 0 Å². The summed E-state index contributed by atoms with van der Waals surface area (Å²) in [4.78, 5) is 12.8. The van der Waals surface area contributed by atoms with Gasteiger partial charge in [0, 0.05) is 78.6 Å². The van der Waals surface area contributed by atoms with Crippen molar-refractivity contribution in [1.29, 1.82) is 0 Å². The number of benzene rings is 2. The van der Waals surface area contributed by atoms with E-state index in [1.54, 1.807) is 12.1 Å². The quantitative estimate of drug-likeness (QED) is 0.290. The Morgan fingerprint density at radius 1 is 1.00 bits per heavy atom. The minimum atomic E-state index is -0.290. The van der Waals surface area contributed by atoms with Crippen LogP contribution >= 0.6 is 0 Å². The van der Waals surface area contributed by atoms with Crippen LogP contribution in [-0.4, -0.2) is 68.6 Å². The minimum absolute atomic E-state index is 0.238. The SMILES string of the molecule is Cc1nn(Cc2cccc(F)c2)c(C)c1-c1c[nH]c2ncc(-c3ccc(N4CCN(CC(C)O)CC4)cc3)cc12. The van der Waals surface area contributed by atoms with E-state index in [0.717, 1.165) is 83.0 Å². The topological polar surface area (TPSA) is 73.2 Å². The van der Waals surface area contributed by atoms with Crippen molar-refractivity contribution in [2.24, 2.45) is 0 Å². The number of hydrogen-bond donors (Lipinski definition) is 2. The van der Waals surface area contributed by atoms with Gasteiger partial charge in [-0.05, 0) is 62.2 Å². The average molecular weight is 539 g/mol. The van der Waals surface area contributed by atoms with E-state index in [-0.39, 0.29) is 11.9 Å². The summed E-state index contributed by atoms with van der Waals surface area (Å²) in [7, 11) is 0. The molecule has 5 aromatic rings. The fourth-order valence-corrected chi connectivity index (χ4v) is 5.84. The Kier molecular flexibility index (Phi) is 7.12. The normalized spacial score (nSPS) is 15.2. The highest BCUT2D eigenvalue weighted by Crippen LogP contribution is 2.35. The molecule has 2 N–H and O–H groups in total. The zero-order chi connectivity index (χ0) is 27.8. The number of pyridine rings is 1. The highest BCUT2D eigenvalue weighted by molar-refractivity contribution is 5.97. The van der Waals surface area contributed by atoms with E-state index < -0.39 is 0 Å². The Morgan fingerprint density at radius 3 is 2.50 bits per heavy atom. The Morgan fingerprint density at radius 2 is 1.77 bits per heavy atom. The summed E-state index contributed by atoms with van der Waals surface area (Å²) in [6, 6.07) is 17.6. The molecule has 7 nitrogen and oxygen atoms in total.